The first-order chi connectivity index (χ1) is 7.02. The van der Waals surface area contributed by atoms with Gasteiger partial charge < -0.3 is 5.32 Å². The number of hydrogen-bond donors (Lipinski definition) is 2. The largest absolute Gasteiger partial charge is 0.322 e. The van der Waals surface area contributed by atoms with Gasteiger partial charge in [-0.2, -0.15) is 0 Å². The number of carbonyl (C=O) groups is 2. The normalized spacial score (nSPS) is 24.9. The van der Waals surface area contributed by atoms with E-state index in [2.05, 4.69) is 10.6 Å². The maximum absolute atomic E-state index is 11.6. The van der Waals surface area contributed by atoms with Gasteiger partial charge in [0.15, 0.2) is 0 Å². The van der Waals surface area contributed by atoms with E-state index >= 15 is 0 Å². The predicted octanol–water partition coefficient (Wildman–Crippen LogP) is 1.39. The molecule has 2 N–H and O–H groups in total. The lowest BCUT2D eigenvalue weighted by atomic mass is 9.92. The topological polar surface area (TPSA) is 58.2 Å². The van der Waals surface area contributed by atoms with Crippen molar-refractivity contribution in [2.45, 2.75) is 12.5 Å². The van der Waals surface area contributed by atoms with Crippen molar-refractivity contribution in [2.24, 2.45) is 0 Å². The van der Waals surface area contributed by atoms with E-state index in [9.17, 15) is 9.59 Å². The maximum atomic E-state index is 11.6. The standard InChI is InChI=1S/C10H9ClN2O2/c1-10(8(14)12-9(15)13-10)6-3-2-4-7(11)5-6/h2-5H,1H3,(H2,12,13,14,15)/t10-/m1/s1. The van der Waals surface area contributed by atoms with Gasteiger partial charge in [0.1, 0.15) is 5.54 Å². The summed E-state index contributed by atoms with van der Waals surface area (Å²) in [7, 11) is 0. The Bertz CT molecular complexity index is 447. The number of carbonyl (C=O) groups excluding carboxylic acids is 2. The number of amides is 3. The van der Waals surface area contributed by atoms with Gasteiger partial charge >= 0.3 is 6.03 Å². The van der Waals surface area contributed by atoms with E-state index in [1.165, 1.54) is 0 Å². The van der Waals surface area contributed by atoms with Gasteiger partial charge in [-0.25, -0.2) is 4.79 Å². The Morgan fingerprint density at radius 2 is 2.07 bits per heavy atom. The van der Waals surface area contributed by atoms with Crippen molar-refractivity contribution in [3.63, 3.8) is 0 Å². The molecule has 0 aromatic heterocycles. The Hall–Kier alpha value is -1.55. The molecule has 0 aliphatic carbocycles. The van der Waals surface area contributed by atoms with Crippen LogP contribution in [0.4, 0.5) is 4.79 Å². The molecule has 1 aromatic carbocycles. The van der Waals surface area contributed by atoms with Crippen LogP contribution in [0.3, 0.4) is 0 Å². The van der Waals surface area contributed by atoms with Crippen LogP contribution < -0.4 is 10.6 Å². The van der Waals surface area contributed by atoms with E-state index in [1.54, 1.807) is 31.2 Å². The number of rotatable bonds is 1. The van der Waals surface area contributed by atoms with Crippen LogP contribution in [-0.2, 0) is 10.3 Å². The Morgan fingerprint density at radius 1 is 1.33 bits per heavy atom. The van der Waals surface area contributed by atoms with Gasteiger partial charge in [0.05, 0.1) is 0 Å². The van der Waals surface area contributed by atoms with E-state index < -0.39 is 11.6 Å². The highest BCUT2D eigenvalue weighted by molar-refractivity contribution is 6.30. The maximum Gasteiger partial charge on any atom is 0.322 e. The van der Waals surface area contributed by atoms with Gasteiger partial charge in [-0.05, 0) is 24.6 Å². The molecule has 1 fully saturated rings. The molecule has 78 valence electrons. The number of nitrogens with one attached hydrogen (secondary N) is 2. The summed E-state index contributed by atoms with van der Waals surface area (Å²) >= 11 is 5.82. The first kappa shape index (κ1) is 9.98. The molecular formula is C10H9ClN2O2. The highest BCUT2D eigenvalue weighted by Gasteiger charge is 2.43. The molecule has 0 saturated carbocycles. The fourth-order valence-electron chi connectivity index (χ4n) is 1.55. The third-order valence-corrected chi connectivity index (χ3v) is 2.68. The lowest BCUT2D eigenvalue weighted by molar-refractivity contribution is -0.123. The molecule has 1 saturated heterocycles. The summed E-state index contributed by atoms with van der Waals surface area (Å²) in [5.41, 5.74) is -0.361. The van der Waals surface area contributed by atoms with Crippen molar-refractivity contribution in [2.75, 3.05) is 0 Å². The monoisotopic (exact) mass is 224 g/mol. The molecule has 3 amide bonds. The first-order valence-electron chi connectivity index (χ1n) is 4.42. The lowest BCUT2D eigenvalue weighted by Crippen LogP contribution is -2.40. The zero-order chi connectivity index (χ0) is 11.1. The van der Waals surface area contributed by atoms with Crippen LogP contribution in [0.2, 0.25) is 5.02 Å². The molecule has 2 rings (SSSR count). The molecule has 0 unspecified atom stereocenters. The van der Waals surface area contributed by atoms with E-state index in [-0.39, 0.29) is 5.91 Å². The summed E-state index contributed by atoms with van der Waals surface area (Å²) in [6, 6.07) is 6.37. The second-order valence-electron chi connectivity index (χ2n) is 3.54. The van der Waals surface area contributed by atoms with E-state index in [0.29, 0.717) is 10.6 Å². The van der Waals surface area contributed by atoms with Crippen LogP contribution in [0, 0.1) is 0 Å². The van der Waals surface area contributed by atoms with Crippen LogP contribution in [0.15, 0.2) is 24.3 Å². The highest BCUT2D eigenvalue weighted by Crippen LogP contribution is 2.26. The van der Waals surface area contributed by atoms with Crippen molar-refractivity contribution < 1.29 is 9.59 Å². The Kier molecular flexibility index (Phi) is 2.16. The third kappa shape index (κ3) is 1.57. The second-order valence-corrected chi connectivity index (χ2v) is 3.98. The number of imide groups is 1. The second kappa shape index (κ2) is 3.24. The van der Waals surface area contributed by atoms with Crippen molar-refractivity contribution in [3.8, 4) is 0 Å². The van der Waals surface area contributed by atoms with Crippen molar-refractivity contribution >= 4 is 23.5 Å². The fraction of sp³-hybridized carbons (Fsp3) is 0.200. The van der Waals surface area contributed by atoms with Gasteiger partial charge in [0.2, 0.25) is 0 Å². The number of hydrogen-bond acceptors (Lipinski definition) is 2. The first-order valence-corrected chi connectivity index (χ1v) is 4.80. The molecule has 4 nitrogen and oxygen atoms in total. The summed E-state index contributed by atoms with van der Waals surface area (Å²) < 4.78 is 0. The van der Waals surface area contributed by atoms with Gasteiger partial charge in [-0.3, -0.25) is 10.1 Å². The van der Waals surface area contributed by atoms with Crippen LogP contribution in [0.1, 0.15) is 12.5 Å². The molecule has 0 spiro atoms. The lowest BCUT2D eigenvalue weighted by Gasteiger charge is -2.20. The Morgan fingerprint density at radius 3 is 2.60 bits per heavy atom. The third-order valence-electron chi connectivity index (χ3n) is 2.45. The van der Waals surface area contributed by atoms with E-state index in [4.69, 9.17) is 11.6 Å². The number of urea groups is 1. The Balaban J connectivity index is 2.46. The molecule has 1 aliphatic heterocycles. The van der Waals surface area contributed by atoms with Gasteiger partial charge in [-0.15, -0.1) is 0 Å². The SMILES string of the molecule is C[C@]1(c2cccc(Cl)c2)NC(=O)NC1=O. The zero-order valence-electron chi connectivity index (χ0n) is 8.00. The van der Waals surface area contributed by atoms with Gasteiger partial charge in [0.25, 0.3) is 5.91 Å². The van der Waals surface area contributed by atoms with Crippen molar-refractivity contribution in [3.05, 3.63) is 34.9 Å². The molecule has 1 aliphatic rings. The minimum Gasteiger partial charge on any atom is -0.320 e. The molecule has 5 heteroatoms. The highest BCUT2D eigenvalue weighted by atomic mass is 35.5. The number of benzene rings is 1. The minimum atomic E-state index is -1.03. The average Bonchev–Trinajstić information content (AvgIpc) is 2.42. The zero-order valence-corrected chi connectivity index (χ0v) is 8.76. The quantitative estimate of drug-likeness (QED) is 0.709. The van der Waals surface area contributed by atoms with Crippen LogP contribution >= 0.6 is 11.6 Å². The van der Waals surface area contributed by atoms with E-state index in [0.717, 1.165) is 0 Å². The smallest absolute Gasteiger partial charge is 0.320 e. The fourth-order valence-corrected chi connectivity index (χ4v) is 1.74. The molecule has 15 heavy (non-hydrogen) atoms. The summed E-state index contributed by atoms with van der Waals surface area (Å²) in [6.07, 6.45) is 0. The number of halogens is 1. The molecule has 1 heterocycles. The van der Waals surface area contributed by atoms with Crippen molar-refractivity contribution in [1.82, 2.24) is 10.6 Å². The summed E-state index contributed by atoms with van der Waals surface area (Å²) in [5, 5.41) is 5.29. The minimum absolute atomic E-state index is 0.366. The van der Waals surface area contributed by atoms with Crippen LogP contribution in [0.5, 0.6) is 0 Å². The van der Waals surface area contributed by atoms with Crippen molar-refractivity contribution in [1.29, 1.82) is 0 Å². The summed E-state index contributed by atoms with van der Waals surface area (Å²) in [6.45, 7) is 1.64. The summed E-state index contributed by atoms with van der Waals surface area (Å²) in [4.78, 5) is 22.6. The average molecular weight is 225 g/mol. The molecule has 0 bridgehead atoms. The molecule has 1 atom stereocenters. The predicted molar refractivity (Wildman–Crippen MR) is 55.5 cm³/mol. The van der Waals surface area contributed by atoms with Gasteiger partial charge in [0, 0.05) is 5.02 Å². The van der Waals surface area contributed by atoms with E-state index in [1.807, 2.05) is 0 Å². The molecule has 1 aromatic rings. The van der Waals surface area contributed by atoms with Gasteiger partial charge in [-0.1, -0.05) is 23.7 Å². The molecule has 0 radical (unpaired) electrons. The Labute approximate surface area is 91.6 Å². The van der Waals surface area contributed by atoms with Crippen LogP contribution in [-0.4, -0.2) is 11.9 Å². The van der Waals surface area contributed by atoms with Crippen LogP contribution in [0.25, 0.3) is 0 Å². The molecular weight excluding hydrogens is 216 g/mol. The summed E-state index contributed by atoms with van der Waals surface area (Å²) in [5.74, 6) is -0.366.